The molecule has 128 valence electrons. The predicted molar refractivity (Wildman–Crippen MR) is 96.1 cm³/mol. The highest BCUT2D eigenvalue weighted by atomic mass is 32.2. The molecule has 0 atom stereocenters. The van der Waals surface area contributed by atoms with Gasteiger partial charge in [0, 0.05) is 23.5 Å². The Morgan fingerprint density at radius 1 is 1.29 bits per heavy atom. The third-order valence-corrected chi connectivity index (χ3v) is 4.35. The number of aryl methyl sites for hydroxylation is 1. The summed E-state index contributed by atoms with van der Waals surface area (Å²) in [7, 11) is 0. The average Bonchev–Trinajstić information content (AvgIpc) is 2.58. The minimum absolute atomic E-state index is 0.0252. The first-order valence-corrected chi connectivity index (χ1v) is 8.68. The Labute approximate surface area is 145 Å². The summed E-state index contributed by atoms with van der Waals surface area (Å²) in [5, 5.41) is 14.5. The number of nitrogens with two attached hydrogens (primary N) is 1. The predicted octanol–water partition coefficient (Wildman–Crippen LogP) is 4.36. The number of carboxylic acid groups (broad SMARTS) is 1. The van der Waals surface area contributed by atoms with Crippen LogP contribution in [-0.2, 0) is 11.2 Å². The SMILES string of the molecule is CCN(c1ccccc1)c1cc(F)c(CCCC(=O)O)cc1SN. The molecule has 0 fully saturated rings. The molecule has 0 radical (unpaired) electrons. The summed E-state index contributed by atoms with van der Waals surface area (Å²) in [5.74, 6) is -1.20. The Morgan fingerprint density at radius 3 is 2.58 bits per heavy atom. The molecule has 0 aliphatic carbocycles. The molecular weight excluding hydrogens is 327 g/mol. The summed E-state index contributed by atoms with van der Waals surface area (Å²) >= 11 is 1.07. The Bertz CT molecular complexity index is 695. The van der Waals surface area contributed by atoms with Gasteiger partial charge in [-0.2, -0.15) is 0 Å². The van der Waals surface area contributed by atoms with Gasteiger partial charge in [-0.1, -0.05) is 18.2 Å². The van der Waals surface area contributed by atoms with Crippen molar-refractivity contribution in [1.29, 1.82) is 0 Å². The lowest BCUT2D eigenvalue weighted by Gasteiger charge is -2.26. The van der Waals surface area contributed by atoms with Crippen molar-refractivity contribution in [2.24, 2.45) is 5.14 Å². The summed E-state index contributed by atoms with van der Waals surface area (Å²) in [5.41, 5.74) is 2.18. The maximum absolute atomic E-state index is 14.5. The molecule has 0 aromatic heterocycles. The lowest BCUT2D eigenvalue weighted by molar-refractivity contribution is -0.137. The van der Waals surface area contributed by atoms with E-state index in [0.717, 1.165) is 28.2 Å². The number of hydrogen-bond donors (Lipinski definition) is 2. The zero-order valence-corrected chi connectivity index (χ0v) is 14.4. The summed E-state index contributed by atoms with van der Waals surface area (Å²) in [6.45, 7) is 2.67. The molecule has 0 unspecified atom stereocenters. The third-order valence-electron chi connectivity index (χ3n) is 3.77. The molecule has 0 amide bonds. The summed E-state index contributed by atoms with van der Waals surface area (Å²) < 4.78 is 14.5. The second-order valence-corrected chi connectivity index (χ2v) is 6.03. The smallest absolute Gasteiger partial charge is 0.303 e. The van der Waals surface area contributed by atoms with Gasteiger partial charge in [0.2, 0.25) is 0 Å². The van der Waals surface area contributed by atoms with E-state index in [1.54, 1.807) is 6.07 Å². The van der Waals surface area contributed by atoms with E-state index in [2.05, 4.69) is 0 Å². The van der Waals surface area contributed by atoms with Crippen LogP contribution >= 0.6 is 11.9 Å². The fourth-order valence-corrected chi connectivity index (χ4v) is 3.11. The lowest BCUT2D eigenvalue weighted by Crippen LogP contribution is -2.17. The maximum atomic E-state index is 14.5. The van der Waals surface area contributed by atoms with Crippen LogP contribution in [0.4, 0.5) is 15.8 Å². The van der Waals surface area contributed by atoms with E-state index in [9.17, 15) is 9.18 Å². The van der Waals surface area contributed by atoms with Crippen LogP contribution in [0.2, 0.25) is 0 Å². The van der Waals surface area contributed by atoms with Gasteiger partial charge in [0.15, 0.2) is 0 Å². The van der Waals surface area contributed by atoms with Crippen LogP contribution in [0.5, 0.6) is 0 Å². The van der Waals surface area contributed by atoms with Crippen LogP contribution in [0, 0.1) is 5.82 Å². The molecule has 0 saturated heterocycles. The molecule has 0 bridgehead atoms. The second-order valence-electron chi connectivity index (χ2n) is 5.36. The molecule has 2 aromatic rings. The molecule has 0 aliphatic heterocycles. The molecule has 2 aromatic carbocycles. The summed E-state index contributed by atoms with van der Waals surface area (Å²) in [4.78, 5) is 13.4. The van der Waals surface area contributed by atoms with E-state index in [1.807, 2.05) is 42.2 Å². The van der Waals surface area contributed by atoms with E-state index >= 15 is 0 Å². The van der Waals surface area contributed by atoms with Gasteiger partial charge in [0.25, 0.3) is 0 Å². The Hall–Kier alpha value is -2.05. The monoisotopic (exact) mass is 348 g/mol. The fraction of sp³-hybridized carbons (Fsp3) is 0.278. The van der Waals surface area contributed by atoms with E-state index in [0.29, 0.717) is 24.9 Å². The second kappa shape index (κ2) is 8.70. The van der Waals surface area contributed by atoms with Crippen molar-refractivity contribution in [3.63, 3.8) is 0 Å². The van der Waals surface area contributed by atoms with E-state index in [-0.39, 0.29) is 12.2 Å². The van der Waals surface area contributed by atoms with Crippen LogP contribution in [0.1, 0.15) is 25.3 Å². The minimum atomic E-state index is -0.873. The molecular formula is C18H21FN2O2S. The largest absolute Gasteiger partial charge is 0.481 e. The Kier molecular flexibility index (Phi) is 6.63. The third kappa shape index (κ3) is 4.49. The van der Waals surface area contributed by atoms with Crippen molar-refractivity contribution in [2.45, 2.75) is 31.1 Å². The number of halogens is 1. The van der Waals surface area contributed by atoms with E-state index < -0.39 is 5.97 Å². The van der Waals surface area contributed by atoms with Gasteiger partial charge in [0.05, 0.1) is 5.69 Å². The topological polar surface area (TPSA) is 66.6 Å². The standard InChI is InChI=1S/C18H21FN2O2S/c1-2-21(14-8-4-3-5-9-14)16-12-15(19)13(11-17(16)24-20)7-6-10-18(22)23/h3-5,8-9,11-12H,2,6-7,10,20H2,1H3,(H,22,23). The van der Waals surface area contributed by atoms with Gasteiger partial charge in [-0.15, -0.1) is 0 Å². The number of carbonyl (C=O) groups is 1. The molecule has 4 nitrogen and oxygen atoms in total. The number of nitrogens with zero attached hydrogens (tertiary/aromatic N) is 1. The van der Waals surface area contributed by atoms with Gasteiger partial charge in [-0.05, 0) is 61.5 Å². The molecule has 0 heterocycles. The van der Waals surface area contributed by atoms with Crippen molar-refractivity contribution in [3.8, 4) is 0 Å². The molecule has 0 saturated carbocycles. The van der Waals surface area contributed by atoms with Gasteiger partial charge in [-0.25, -0.2) is 4.39 Å². The Morgan fingerprint density at radius 2 is 2.00 bits per heavy atom. The molecule has 3 N–H and O–H groups in total. The van der Waals surface area contributed by atoms with Crippen LogP contribution in [0.25, 0.3) is 0 Å². The lowest BCUT2D eigenvalue weighted by atomic mass is 10.1. The highest BCUT2D eigenvalue weighted by molar-refractivity contribution is 7.97. The molecule has 0 spiro atoms. The summed E-state index contributed by atoms with van der Waals surface area (Å²) in [6.07, 6.45) is 0.803. The average molecular weight is 348 g/mol. The number of benzene rings is 2. The highest BCUT2D eigenvalue weighted by Gasteiger charge is 2.16. The number of aliphatic carboxylic acids is 1. The quantitative estimate of drug-likeness (QED) is 0.694. The molecule has 0 aliphatic rings. The fourth-order valence-electron chi connectivity index (χ4n) is 2.61. The number of para-hydroxylation sites is 1. The minimum Gasteiger partial charge on any atom is -0.481 e. The zero-order chi connectivity index (χ0) is 17.5. The normalized spacial score (nSPS) is 10.6. The van der Waals surface area contributed by atoms with Crippen molar-refractivity contribution in [1.82, 2.24) is 0 Å². The van der Waals surface area contributed by atoms with Gasteiger partial charge in [0.1, 0.15) is 5.82 Å². The number of anilines is 2. The first-order valence-electron chi connectivity index (χ1n) is 7.80. The van der Waals surface area contributed by atoms with Crippen molar-refractivity contribution >= 4 is 29.3 Å². The number of hydrogen-bond acceptors (Lipinski definition) is 4. The highest BCUT2D eigenvalue weighted by Crippen LogP contribution is 2.35. The molecule has 24 heavy (non-hydrogen) atoms. The summed E-state index contributed by atoms with van der Waals surface area (Å²) in [6, 6.07) is 12.9. The van der Waals surface area contributed by atoms with Gasteiger partial charge < -0.3 is 10.0 Å². The van der Waals surface area contributed by atoms with Gasteiger partial charge >= 0.3 is 5.97 Å². The zero-order valence-electron chi connectivity index (χ0n) is 13.5. The number of carboxylic acids is 1. The van der Waals surface area contributed by atoms with Crippen LogP contribution < -0.4 is 10.0 Å². The van der Waals surface area contributed by atoms with E-state index in [4.69, 9.17) is 10.2 Å². The Balaban J connectivity index is 2.33. The number of rotatable bonds is 8. The van der Waals surface area contributed by atoms with Crippen LogP contribution in [-0.4, -0.2) is 17.6 Å². The van der Waals surface area contributed by atoms with E-state index in [1.165, 1.54) is 6.07 Å². The van der Waals surface area contributed by atoms with Crippen LogP contribution in [0.3, 0.4) is 0 Å². The van der Waals surface area contributed by atoms with Crippen molar-refractivity contribution in [3.05, 3.63) is 53.8 Å². The van der Waals surface area contributed by atoms with Crippen molar-refractivity contribution in [2.75, 3.05) is 11.4 Å². The van der Waals surface area contributed by atoms with Crippen LogP contribution in [0.15, 0.2) is 47.4 Å². The first-order chi connectivity index (χ1) is 11.6. The maximum Gasteiger partial charge on any atom is 0.303 e. The molecule has 6 heteroatoms. The van der Waals surface area contributed by atoms with Gasteiger partial charge in [-0.3, -0.25) is 9.93 Å². The van der Waals surface area contributed by atoms with Crippen molar-refractivity contribution < 1.29 is 14.3 Å². The first kappa shape index (κ1) is 18.3. The molecule has 2 rings (SSSR count).